The Morgan fingerprint density at radius 1 is 1.75 bits per heavy atom. The molecule has 0 bridgehead atoms. The van der Waals surface area contributed by atoms with E-state index in [0.717, 1.165) is 23.7 Å². The zero-order chi connectivity index (χ0) is 11.4. The average molecular weight is 257 g/mol. The molecule has 0 saturated carbocycles. The van der Waals surface area contributed by atoms with Gasteiger partial charge in [0.15, 0.2) is 0 Å². The molecule has 1 unspecified atom stereocenters. The van der Waals surface area contributed by atoms with Gasteiger partial charge in [0, 0.05) is 29.5 Å². The van der Waals surface area contributed by atoms with Gasteiger partial charge in [-0.25, -0.2) is 4.98 Å². The van der Waals surface area contributed by atoms with E-state index in [1.165, 1.54) is 4.88 Å². The van der Waals surface area contributed by atoms with Crippen molar-refractivity contribution in [3.05, 3.63) is 16.1 Å². The number of nitrogens with one attached hydrogen (secondary N) is 2. The van der Waals surface area contributed by atoms with Crippen LogP contribution >= 0.6 is 23.1 Å². The van der Waals surface area contributed by atoms with Crippen LogP contribution in [0.15, 0.2) is 5.51 Å². The lowest BCUT2D eigenvalue weighted by molar-refractivity contribution is -0.122. The first-order valence-corrected chi connectivity index (χ1v) is 7.28. The van der Waals surface area contributed by atoms with E-state index in [1.807, 2.05) is 12.4 Å². The molecule has 1 amide bonds. The summed E-state index contributed by atoms with van der Waals surface area (Å²) in [5, 5.41) is 6.11. The molecular formula is C10H15N3OS2. The molecule has 4 nitrogen and oxygen atoms in total. The summed E-state index contributed by atoms with van der Waals surface area (Å²) in [6.07, 6.45) is 0.877. The standard InChI is InChI=1S/C10H15N3OS2/c1-7-9(16-6-12-7)2-3-11-10(14)8-4-15-5-13-8/h6,8,13H,2-5H2,1H3,(H,11,14). The quantitative estimate of drug-likeness (QED) is 0.837. The SMILES string of the molecule is Cc1ncsc1CCNC(=O)C1CSCN1. The molecule has 0 aliphatic carbocycles. The molecule has 2 N–H and O–H groups in total. The predicted molar refractivity (Wildman–Crippen MR) is 67.8 cm³/mol. The zero-order valence-corrected chi connectivity index (χ0v) is 10.8. The van der Waals surface area contributed by atoms with Gasteiger partial charge in [-0.3, -0.25) is 10.1 Å². The Bertz CT molecular complexity index is 361. The molecule has 0 radical (unpaired) electrons. The molecule has 0 aromatic carbocycles. The van der Waals surface area contributed by atoms with E-state index >= 15 is 0 Å². The van der Waals surface area contributed by atoms with Crippen LogP contribution in [0.3, 0.4) is 0 Å². The molecule has 1 aliphatic heterocycles. The minimum Gasteiger partial charge on any atom is -0.354 e. The van der Waals surface area contributed by atoms with Crippen LogP contribution in [-0.2, 0) is 11.2 Å². The number of carbonyl (C=O) groups excluding carboxylic acids is 1. The van der Waals surface area contributed by atoms with Gasteiger partial charge in [-0.15, -0.1) is 23.1 Å². The number of aryl methyl sites for hydroxylation is 1. The van der Waals surface area contributed by atoms with Crippen LogP contribution in [0.4, 0.5) is 0 Å². The Balaban J connectivity index is 1.71. The van der Waals surface area contributed by atoms with Gasteiger partial charge in [0.05, 0.1) is 17.2 Å². The molecule has 1 aromatic rings. The van der Waals surface area contributed by atoms with Crippen LogP contribution in [0.5, 0.6) is 0 Å². The molecule has 6 heteroatoms. The van der Waals surface area contributed by atoms with Crippen molar-refractivity contribution in [1.82, 2.24) is 15.6 Å². The second-order valence-electron chi connectivity index (χ2n) is 3.67. The number of amides is 1. The Kier molecular flexibility index (Phi) is 4.20. The number of hydrogen-bond donors (Lipinski definition) is 2. The highest BCUT2D eigenvalue weighted by Gasteiger charge is 2.21. The normalized spacial score (nSPS) is 19.9. The van der Waals surface area contributed by atoms with Gasteiger partial charge < -0.3 is 5.32 Å². The van der Waals surface area contributed by atoms with Crippen molar-refractivity contribution in [1.29, 1.82) is 0 Å². The smallest absolute Gasteiger partial charge is 0.238 e. The van der Waals surface area contributed by atoms with Crippen LogP contribution in [0.1, 0.15) is 10.6 Å². The highest BCUT2D eigenvalue weighted by molar-refractivity contribution is 7.99. The van der Waals surface area contributed by atoms with Crippen molar-refractivity contribution < 1.29 is 4.79 Å². The predicted octanol–water partition coefficient (Wildman–Crippen LogP) is 0.773. The maximum atomic E-state index is 11.7. The van der Waals surface area contributed by atoms with E-state index in [2.05, 4.69) is 15.6 Å². The van der Waals surface area contributed by atoms with Crippen molar-refractivity contribution in [2.45, 2.75) is 19.4 Å². The van der Waals surface area contributed by atoms with Crippen LogP contribution < -0.4 is 10.6 Å². The first kappa shape index (κ1) is 11.9. The fourth-order valence-electron chi connectivity index (χ4n) is 1.55. The van der Waals surface area contributed by atoms with Gasteiger partial charge in [0.25, 0.3) is 0 Å². The minimum atomic E-state index is -0.00689. The third kappa shape index (κ3) is 2.96. The summed E-state index contributed by atoms with van der Waals surface area (Å²) in [7, 11) is 0. The molecule has 1 aliphatic rings. The average Bonchev–Trinajstić information content (AvgIpc) is 2.90. The number of nitrogens with zero attached hydrogens (tertiary/aromatic N) is 1. The van der Waals surface area contributed by atoms with E-state index in [4.69, 9.17) is 0 Å². The van der Waals surface area contributed by atoms with E-state index in [9.17, 15) is 4.79 Å². The number of rotatable bonds is 4. The summed E-state index contributed by atoms with van der Waals surface area (Å²) in [5.74, 6) is 1.88. The zero-order valence-electron chi connectivity index (χ0n) is 9.16. The lowest BCUT2D eigenvalue weighted by atomic mass is 10.3. The fourth-order valence-corrected chi connectivity index (χ4v) is 3.28. The van der Waals surface area contributed by atoms with Crippen LogP contribution in [0.2, 0.25) is 0 Å². The maximum absolute atomic E-state index is 11.7. The lowest BCUT2D eigenvalue weighted by Gasteiger charge is -2.09. The molecule has 2 rings (SSSR count). The van der Waals surface area contributed by atoms with E-state index in [0.29, 0.717) is 6.54 Å². The molecule has 16 heavy (non-hydrogen) atoms. The van der Waals surface area contributed by atoms with Gasteiger partial charge in [-0.05, 0) is 6.92 Å². The van der Waals surface area contributed by atoms with Crippen molar-refractivity contribution in [3.8, 4) is 0 Å². The number of hydrogen-bond acceptors (Lipinski definition) is 5. The number of thioether (sulfide) groups is 1. The fraction of sp³-hybridized carbons (Fsp3) is 0.600. The second-order valence-corrected chi connectivity index (χ2v) is 5.64. The number of carbonyl (C=O) groups is 1. The van der Waals surface area contributed by atoms with Crippen molar-refractivity contribution in [2.75, 3.05) is 18.2 Å². The van der Waals surface area contributed by atoms with Gasteiger partial charge in [0.1, 0.15) is 0 Å². The Labute approximate surface area is 103 Å². The number of aromatic nitrogens is 1. The summed E-state index contributed by atoms with van der Waals surface area (Å²) >= 11 is 3.42. The van der Waals surface area contributed by atoms with Gasteiger partial charge in [-0.2, -0.15) is 0 Å². The van der Waals surface area contributed by atoms with Crippen LogP contribution in [0, 0.1) is 6.92 Å². The van der Waals surface area contributed by atoms with Gasteiger partial charge >= 0.3 is 0 Å². The molecule has 2 heterocycles. The summed E-state index contributed by atoms with van der Waals surface area (Å²) < 4.78 is 0. The molecule has 1 atom stereocenters. The Morgan fingerprint density at radius 2 is 2.62 bits per heavy atom. The van der Waals surface area contributed by atoms with E-state index in [1.54, 1.807) is 23.1 Å². The summed E-state index contributed by atoms with van der Waals surface area (Å²) in [6, 6.07) is -0.00689. The molecule has 1 fully saturated rings. The van der Waals surface area contributed by atoms with Gasteiger partial charge in [-0.1, -0.05) is 0 Å². The maximum Gasteiger partial charge on any atom is 0.238 e. The van der Waals surface area contributed by atoms with E-state index < -0.39 is 0 Å². The minimum absolute atomic E-state index is 0.00689. The Hall–Kier alpha value is -0.590. The second kappa shape index (κ2) is 5.65. The number of thiazole rings is 1. The molecule has 1 aromatic heterocycles. The third-order valence-corrected chi connectivity index (χ3v) is 4.46. The van der Waals surface area contributed by atoms with Crippen LogP contribution in [-0.4, -0.2) is 35.1 Å². The third-order valence-electron chi connectivity index (χ3n) is 2.53. The summed E-state index contributed by atoms with van der Waals surface area (Å²) in [4.78, 5) is 17.1. The molecule has 88 valence electrons. The first-order chi connectivity index (χ1) is 7.77. The Morgan fingerprint density at radius 3 is 3.25 bits per heavy atom. The summed E-state index contributed by atoms with van der Waals surface area (Å²) in [5.41, 5.74) is 2.93. The summed E-state index contributed by atoms with van der Waals surface area (Å²) in [6.45, 7) is 2.70. The lowest BCUT2D eigenvalue weighted by Crippen LogP contribution is -2.42. The molecular weight excluding hydrogens is 242 g/mol. The van der Waals surface area contributed by atoms with Crippen LogP contribution in [0.25, 0.3) is 0 Å². The van der Waals surface area contributed by atoms with Gasteiger partial charge in [0.2, 0.25) is 5.91 Å². The highest BCUT2D eigenvalue weighted by Crippen LogP contribution is 2.12. The monoisotopic (exact) mass is 257 g/mol. The topological polar surface area (TPSA) is 54.0 Å². The first-order valence-electron chi connectivity index (χ1n) is 5.25. The van der Waals surface area contributed by atoms with Crippen molar-refractivity contribution >= 4 is 29.0 Å². The molecule has 1 saturated heterocycles. The highest BCUT2D eigenvalue weighted by atomic mass is 32.2. The van der Waals surface area contributed by atoms with Crippen molar-refractivity contribution in [2.24, 2.45) is 0 Å². The van der Waals surface area contributed by atoms with Crippen molar-refractivity contribution in [3.63, 3.8) is 0 Å². The largest absolute Gasteiger partial charge is 0.354 e. The van der Waals surface area contributed by atoms with E-state index in [-0.39, 0.29) is 11.9 Å². The molecule has 0 spiro atoms.